The molecule has 2 N–H and O–H groups in total. The maximum absolute atomic E-state index is 14.5. The highest BCUT2D eigenvalue weighted by molar-refractivity contribution is 7.92. The molecule has 4 atom stereocenters. The number of amides is 2. The lowest BCUT2D eigenvalue weighted by atomic mass is 9.59. The Labute approximate surface area is 288 Å². The number of halogens is 1. The van der Waals surface area contributed by atoms with Crippen LogP contribution in [0, 0.1) is 34.9 Å². The first-order chi connectivity index (χ1) is 23.5. The Balaban J connectivity index is 1.05. The first-order valence-electron chi connectivity index (χ1n) is 17.4. The number of hydrogen-bond acceptors (Lipinski definition) is 7. The van der Waals surface area contributed by atoms with Crippen molar-refractivity contribution in [2.24, 2.45) is 17.8 Å². The van der Waals surface area contributed by atoms with Crippen LogP contribution in [0.3, 0.4) is 0 Å². The predicted octanol–water partition coefficient (Wildman–Crippen LogP) is 4.82. The van der Waals surface area contributed by atoms with Crippen LogP contribution < -0.4 is 10.2 Å². The van der Waals surface area contributed by atoms with Gasteiger partial charge >= 0.3 is 6.09 Å². The fourth-order valence-electron chi connectivity index (χ4n) is 8.97. The third-order valence-electron chi connectivity index (χ3n) is 11.4. The van der Waals surface area contributed by atoms with Gasteiger partial charge in [0.25, 0.3) is 0 Å². The minimum absolute atomic E-state index is 0.0245. The number of benzene rings is 2. The van der Waals surface area contributed by atoms with Crippen LogP contribution in [0.2, 0.25) is 0 Å². The number of rotatable bonds is 10. The van der Waals surface area contributed by atoms with Gasteiger partial charge in [0.1, 0.15) is 5.82 Å². The highest BCUT2D eigenvalue weighted by Crippen LogP contribution is 2.50. The predicted molar refractivity (Wildman–Crippen MR) is 184 cm³/mol. The fraction of sp³-hybridized carbons (Fsp3) is 0.541. The molecule has 0 bridgehead atoms. The van der Waals surface area contributed by atoms with Crippen molar-refractivity contribution < 1.29 is 27.5 Å². The van der Waals surface area contributed by atoms with E-state index in [4.69, 9.17) is 0 Å². The third kappa shape index (κ3) is 7.06. The first kappa shape index (κ1) is 34.9. The van der Waals surface area contributed by atoms with E-state index in [0.29, 0.717) is 37.3 Å². The van der Waals surface area contributed by atoms with E-state index in [1.54, 1.807) is 23.1 Å². The highest BCUT2D eigenvalue weighted by Gasteiger charge is 2.52. The number of hydrogen-bond donors (Lipinski definition) is 2. The van der Waals surface area contributed by atoms with Gasteiger partial charge in [-0.2, -0.15) is 5.26 Å². The molecule has 2 aromatic rings. The van der Waals surface area contributed by atoms with Crippen molar-refractivity contribution >= 4 is 27.5 Å². The summed E-state index contributed by atoms with van der Waals surface area (Å²) in [5, 5.41) is 22.4. The number of piperidine rings is 2. The van der Waals surface area contributed by atoms with Gasteiger partial charge in [0.2, 0.25) is 5.91 Å². The number of likely N-dealkylation sites (tertiary alicyclic amines) is 2. The van der Waals surface area contributed by atoms with Crippen LogP contribution in [0.5, 0.6) is 0 Å². The van der Waals surface area contributed by atoms with Crippen LogP contribution in [0.15, 0.2) is 66.1 Å². The second kappa shape index (κ2) is 14.5. The van der Waals surface area contributed by atoms with Gasteiger partial charge < -0.3 is 25.1 Å². The van der Waals surface area contributed by atoms with E-state index in [-0.39, 0.29) is 35.2 Å². The van der Waals surface area contributed by atoms with Crippen molar-refractivity contribution in [1.82, 2.24) is 15.1 Å². The van der Waals surface area contributed by atoms with E-state index in [0.717, 1.165) is 64.1 Å². The van der Waals surface area contributed by atoms with Crippen LogP contribution in [-0.4, -0.2) is 92.4 Å². The van der Waals surface area contributed by atoms with E-state index in [1.807, 2.05) is 18.2 Å². The van der Waals surface area contributed by atoms with Crippen LogP contribution in [0.1, 0.15) is 50.5 Å². The topological polar surface area (TPSA) is 134 Å². The van der Waals surface area contributed by atoms with E-state index in [2.05, 4.69) is 27.8 Å². The van der Waals surface area contributed by atoms with Gasteiger partial charge in [-0.3, -0.25) is 4.79 Å². The number of carboxylic acid groups (broad SMARTS) is 1. The van der Waals surface area contributed by atoms with Gasteiger partial charge in [-0.05, 0) is 106 Å². The fourth-order valence-corrected chi connectivity index (χ4v) is 10.7. The summed E-state index contributed by atoms with van der Waals surface area (Å²) in [5.41, 5.74) is 0.648. The van der Waals surface area contributed by atoms with Gasteiger partial charge in [-0.15, -0.1) is 0 Å². The molecule has 3 heterocycles. The van der Waals surface area contributed by atoms with E-state index in [9.17, 15) is 32.8 Å². The molecule has 6 rings (SSSR count). The molecule has 0 aromatic heterocycles. The molecular weight excluding hydrogens is 646 g/mol. The van der Waals surface area contributed by atoms with Gasteiger partial charge in [0.15, 0.2) is 9.84 Å². The standard InChI is InChI=1S/C37H46FN5O5S/c1-2-35(44)42-17-5-8-32(24-42)49(47,48)31-13-11-30(12-14-31)43-22-26(23-43)21-41-18-15-27(16-19-41)37(25-39,28-6-3-7-29(38)20-28)33-9-4-10-34(33)40-36(45)46/h2-3,6-7,11-14,20,26-27,32-34,40H,1,4-5,8-10,15-19,21-24H2,(H,45,46)/t32?,33-,34-,37?/m0/s1. The van der Waals surface area contributed by atoms with Crippen molar-refractivity contribution in [2.45, 2.75) is 66.5 Å². The third-order valence-corrected chi connectivity index (χ3v) is 13.6. The van der Waals surface area contributed by atoms with Gasteiger partial charge in [-0.1, -0.05) is 25.1 Å². The summed E-state index contributed by atoms with van der Waals surface area (Å²) < 4.78 is 41.3. The minimum Gasteiger partial charge on any atom is -0.465 e. The summed E-state index contributed by atoms with van der Waals surface area (Å²) in [6.07, 6.45) is 5.06. The lowest BCUT2D eigenvalue weighted by Crippen LogP contribution is -2.55. The molecule has 2 aromatic carbocycles. The maximum Gasteiger partial charge on any atom is 0.404 e. The Bertz CT molecular complexity index is 1680. The second-order valence-corrected chi connectivity index (χ2v) is 16.5. The molecule has 2 unspecified atom stereocenters. The van der Waals surface area contributed by atoms with Gasteiger partial charge in [0, 0.05) is 56.3 Å². The van der Waals surface area contributed by atoms with Crippen molar-refractivity contribution in [3.05, 3.63) is 72.6 Å². The number of nitrogens with zero attached hydrogens (tertiary/aromatic N) is 4. The van der Waals surface area contributed by atoms with Gasteiger partial charge in [0.05, 0.1) is 21.6 Å². The molecule has 3 saturated heterocycles. The molecule has 4 aliphatic rings. The van der Waals surface area contributed by atoms with Crippen LogP contribution in [0.25, 0.3) is 0 Å². The Kier molecular flexibility index (Phi) is 10.3. The molecule has 1 saturated carbocycles. The van der Waals surface area contributed by atoms with Gasteiger partial charge in [-0.25, -0.2) is 17.6 Å². The number of carbonyl (C=O) groups is 2. The summed E-state index contributed by atoms with van der Waals surface area (Å²) in [5.74, 6) is -0.424. The average molecular weight is 692 g/mol. The second-order valence-electron chi connectivity index (χ2n) is 14.2. The van der Waals surface area contributed by atoms with E-state index >= 15 is 0 Å². The lowest BCUT2D eigenvalue weighted by Gasteiger charge is -2.48. The largest absolute Gasteiger partial charge is 0.465 e. The summed E-state index contributed by atoms with van der Waals surface area (Å²) in [6, 6.07) is 15.7. The van der Waals surface area contributed by atoms with Crippen molar-refractivity contribution in [1.29, 1.82) is 5.26 Å². The zero-order valence-electron chi connectivity index (χ0n) is 27.8. The molecule has 3 aliphatic heterocycles. The van der Waals surface area contributed by atoms with Crippen LogP contribution in [0.4, 0.5) is 14.9 Å². The molecule has 10 nitrogen and oxygen atoms in total. The van der Waals surface area contributed by atoms with E-state index < -0.39 is 32.4 Å². The number of nitrogens with one attached hydrogen (secondary N) is 1. The average Bonchev–Trinajstić information content (AvgIpc) is 3.55. The number of sulfone groups is 1. The zero-order valence-corrected chi connectivity index (χ0v) is 28.7. The Hall–Kier alpha value is -3.95. The lowest BCUT2D eigenvalue weighted by molar-refractivity contribution is -0.126. The molecule has 49 heavy (non-hydrogen) atoms. The summed E-state index contributed by atoms with van der Waals surface area (Å²) in [6.45, 7) is 8.53. The van der Waals surface area contributed by atoms with Crippen molar-refractivity contribution in [3.63, 3.8) is 0 Å². The quantitative estimate of drug-likeness (QED) is 0.339. The molecule has 12 heteroatoms. The molecular formula is C37H46FN5O5S. The normalized spacial score (nSPS) is 25.2. The molecule has 1 aliphatic carbocycles. The molecule has 2 amide bonds. The minimum atomic E-state index is -3.57. The Morgan fingerprint density at radius 3 is 2.41 bits per heavy atom. The summed E-state index contributed by atoms with van der Waals surface area (Å²) >= 11 is 0. The van der Waals surface area contributed by atoms with Crippen LogP contribution >= 0.6 is 0 Å². The summed E-state index contributed by atoms with van der Waals surface area (Å²) in [7, 11) is -3.57. The maximum atomic E-state index is 14.5. The van der Waals surface area contributed by atoms with Crippen LogP contribution in [-0.2, 0) is 20.0 Å². The molecule has 0 radical (unpaired) electrons. The number of nitriles is 1. The summed E-state index contributed by atoms with van der Waals surface area (Å²) in [4.78, 5) is 30.2. The Morgan fingerprint density at radius 2 is 1.76 bits per heavy atom. The first-order valence-corrected chi connectivity index (χ1v) is 19.0. The number of anilines is 1. The van der Waals surface area contributed by atoms with E-state index in [1.165, 1.54) is 18.2 Å². The highest BCUT2D eigenvalue weighted by atomic mass is 32.2. The Morgan fingerprint density at radius 1 is 1.02 bits per heavy atom. The monoisotopic (exact) mass is 691 g/mol. The SMILES string of the molecule is C=CC(=O)N1CCCC(S(=O)(=O)c2ccc(N3CC(CN4CCC(C(C#N)(c5cccc(F)c5)[C@H]5CCC[C@@H]5NC(=O)O)CC4)C3)cc2)C1. The zero-order chi connectivity index (χ0) is 34.8. The molecule has 0 spiro atoms. The van der Waals surface area contributed by atoms with Crippen molar-refractivity contribution in [3.8, 4) is 6.07 Å². The van der Waals surface area contributed by atoms with Crippen molar-refractivity contribution in [2.75, 3.05) is 50.7 Å². The smallest absolute Gasteiger partial charge is 0.404 e. The number of carbonyl (C=O) groups excluding carboxylic acids is 1. The molecule has 4 fully saturated rings. The molecule has 262 valence electrons.